The minimum atomic E-state index is -0.144. The molecule has 30 heavy (non-hydrogen) atoms. The number of hydrogen-bond acceptors (Lipinski definition) is 5. The molecule has 7 nitrogen and oxygen atoms in total. The number of H-pyrrole nitrogens is 1. The Morgan fingerprint density at radius 2 is 1.70 bits per heavy atom. The van der Waals surface area contributed by atoms with E-state index in [0.717, 1.165) is 22.3 Å². The van der Waals surface area contributed by atoms with E-state index in [1.54, 1.807) is 6.33 Å². The average Bonchev–Trinajstić information content (AvgIpc) is 3.44. The van der Waals surface area contributed by atoms with Crippen LogP contribution >= 0.6 is 11.6 Å². The molecule has 0 bridgehead atoms. The monoisotopic (exact) mass is 424 g/mol. The topological polar surface area (TPSA) is 92.5 Å². The molecule has 0 aliphatic heterocycles. The van der Waals surface area contributed by atoms with Crippen molar-refractivity contribution in [2.24, 2.45) is 0 Å². The molecule has 4 rings (SSSR count). The number of nitrogens with one attached hydrogen (secondary N) is 1. The van der Waals surface area contributed by atoms with Crippen molar-refractivity contribution in [1.82, 2.24) is 30.2 Å². The van der Waals surface area contributed by atoms with Gasteiger partial charge in [0.15, 0.2) is 5.15 Å². The molecule has 2 N–H and O–H groups in total. The highest BCUT2D eigenvalue weighted by atomic mass is 35.5. The van der Waals surface area contributed by atoms with Crippen LogP contribution in [0.5, 0.6) is 0 Å². The Bertz CT molecular complexity index is 1040. The molecule has 2 aromatic heterocycles. The Hall–Kier alpha value is -3.03. The molecule has 0 spiro atoms. The summed E-state index contributed by atoms with van der Waals surface area (Å²) in [7, 11) is 0. The lowest BCUT2D eigenvalue weighted by molar-refractivity contribution is 0.271. The lowest BCUT2D eigenvalue weighted by atomic mass is 9.98. The zero-order chi connectivity index (χ0) is 21.3. The maximum absolute atomic E-state index is 9.42. The van der Waals surface area contributed by atoms with Gasteiger partial charge in [-0.15, -0.1) is 10.2 Å². The fourth-order valence-electron chi connectivity index (χ4n) is 2.87. The van der Waals surface area contributed by atoms with Gasteiger partial charge in [-0.05, 0) is 21.9 Å². The maximum atomic E-state index is 9.42. The van der Waals surface area contributed by atoms with Gasteiger partial charge in [0.1, 0.15) is 0 Å². The smallest absolute Gasteiger partial charge is 0.205 e. The highest BCUT2D eigenvalue weighted by molar-refractivity contribution is 6.30. The molecule has 156 valence electrons. The molecule has 0 aliphatic rings. The first-order valence-corrected chi connectivity index (χ1v) is 10.3. The summed E-state index contributed by atoms with van der Waals surface area (Å²) in [5.74, 6) is 0.560. The molecule has 0 unspecified atom stereocenters. The number of benzene rings is 2. The number of halogens is 1. The van der Waals surface area contributed by atoms with Crippen LogP contribution in [-0.4, -0.2) is 35.3 Å². The first-order chi connectivity index (χ1) is 14.7. The third kappa shape index (κ3) is 5.11. The highest BCUT2D eigenvalue weighted by Gasteiger charge is 2.11. The van der Waals surface area contributed by atoms with Crippen LogP contribution in [0.3, 0.4) is 0 Å². The SMILES string of the molecule is CCCC.OCc1c(Cl)ncn1Cc1ccc(-c2ccccc2-c2nn[nH]n2)cc1. The van der Waals surface area contributed by atoms with Gasteiger partial charge < -0.3 is 9.67 Å². The number of tetrazole rings is 1. The van der Waals surface area contributed by atoms with Gasteiger partial charge in [-0.3, -0.25) is 0 Å². The number of imidazole rings is 1. The number of nitrogens with zero attached hydrogens (tertiary/aromatic N) is 5. The van der Waals surface area contributed by atoms with Crippen molar-refractivity contribution in [3.8, 4) is 22.5 Å². The number of hydrogen-bond donors (Lipinski definition) is 2. The van der Waals surface area contributed by atoms with Crippen molar-refractivity contribution in [3.63, 3.8) is 0 Å². The van der Waals surface area contributed by atoms with Gasteiger partial charge in [-0.1, -0.05) is 86.8 Å². The number of aliphatic hydroxyl groups is 1. The van der Waals surface area contributed by atoms with Crippen molar-refractivity contribution >= 4 is 11.6 Å². The van der Waals surface area contributed by atoms with Crippen LogP contribution in [0, 0.1) is 0 Å². The van der Waals surface area contributed by atoms with E-state index < -0.39 is 0 Å². The third-order valence-electron chi connectivity index (χ3n) is 4.68. The number of aliphatic hydroxyl groups excluding tert-OH is 1. The van der Waals surface area contributed by atoms with Crippen LogP contribution in [-0.2, 0) is 13.2 Å². The minimum absolute atomic E-state index is 0.144. The lowest BCUT2D eigenvalue weighted by Gasteiger charge is -2.10. The summed E-state index contributed by atoms with van der Waals surface area (Å²) in [4.78, 5) is 4.03. The first kappa shape index (κ1) is 21.7. The second-order valence-corrected chi connectivity index (χ2v) is 7.10. The zero-order valence-electron chi connectivity index (χ0n) is 17.1. The molecule has 0 saturated carbocycles. The molecule has 2 aromatic carbocycles. The Kier molecular flexibility index (Phi) is 7.70. The van der Waals surface area contributed by atoms with Gasteiger partial charge >= 0.3 is 0 Å². The van der Waals surface area contributed by atoms with Crippen molar-refractivity contribution < 1.29 is 5.11 Å². The second-order valence-electron chi connectivity index (χ2n) is 6.75. The van der Waals surface area contributed by atoms with E-state index in [1.807, 2.05) is 53.1 Å². The standard InChI is InChI=1S/C18H15ClN6O.C4H10/c19-17-16(10-26)25(11-20-17)9-12-5-7-13(8-6-12)14-3-1-2-4-15(14)18-21-23-24-22-18;1-3-4-2/h1-8,11,26H,9-10H2,(H,21,22,23,24);3-4H2,1-2H3. The summed E-state index contributed by atoms with van der Waals surface area (Å²) < 4.78 is 1.84. The number of aromatic nitrogens is 6. The van der Waals surface area contributed by atoms with Crippen LogP contribution in [0.4, 0.5) is 0 Å². The summed E-state index contributed by atoms with van der Waals surface area (Å²) in [5.41, 5.74) is 4.69. The Balaban J connectivity index is 0.000000589. The zero-order valence-corrected chi connectivity index (χ0v) is 17.8. The molecule has 0 radical (unpaired) electrons. The molecule has 8 heteroatoms. The van der Waals surface area contributed by atoms with Crippen LogP contribution in [0.15, 0.2) is 54.9 Å². The molecule has 0 fully saturated rings. The molecule has 0 atom stereocenters. The van der Waals surface area contributed by atoms with Crippen molar-refractivity contribution in [1.29, 1.82) is 0 Å². The van der Waals surface area contributed by atoms with Gasteiger partial charge in [0.25, 0.3) is 0 Å². The first-order valence-electron chi connectivity index (χ1n) is 9.90. The number of unbranched alkanes of at least 4 members (excludes halogenated alkanes) is 1. The van der Waals surface area contributed by atoms with E-state index in [4.69, 9.17) is 11.6 Å². The predicted molar refractivity (Wildman–Crippen MR) is 118 cm³/mol. The van der Waals surface area contributed by atoms with Crippen molar-refractivity contribution in [2.45, 2.75) is 39.8 Å². The van der Waals surface area contributed by atoms with E-state index in [1.165, 1.54) is 12.8 Å². The summed E-state index contributed by atoms with van der Waals surface area (Å²) >= 11 is 5.97. The summed E-state index contributed by atoms with van der Waals surface area (Å²) in [6.45, 7) is 4.80. The van der Waals surface area contributed by atoms with Crippen LogP contribution in [0.25, 0.3) is 22.5 Å². The average molecular weight is 425 g/mol. The lowest BCUT2D eigenvalue weighted by Crippen LogP contribution is -2.03. The molecule has 0 amide bonds. The van der Waals surface area contributed by atoms with E-state index >= 15 is 0 Å². The third-order valence-corrected chi connectivity index (χ3v) is 4.99. The Labute approximate surface area is 180 Å². The van der Waals surface area contributed by atoms with Gasteiger partial charge in [-0.2, -0.15) is 5.21 Å². The van der Waals surface area contributed by atoms with Gasteiger partial charge in [-0.25, -0.2) is 4.98 Å². The fourth-order valence-corrected chi connectivity index (χ4v) is 3.08. The van der Waals surface area contributed by atoms with Gasteiger partial charge in [0.05, 0.1) is 18.6 Å². The number of aromatic amines is 1. The summed E-state index contributed by atoms with van der Waals surface area (Å²) in [6, 6.07) is 16.1. The molecule has 0 aliphatic carbocycles. The van der Waals surface area contributed by atoms with Crippen LogP contribution in [0.2, 0.25) is 5.15 Å². The van der Waals surface area contributed by atoms with Gasteiger partial charge in [0.2, 0.25) is 5.82 Å². The van der Waals surface area contributed by atoms with Crippen molar-refractivity contribution in [2.75, 3.05) is 0 Å². The normalized spacial score (nSPS) is 10.5. The van der Waals surface area contributed by atoms with Crippen LogP contribution in [0.1, 0.15) is 37.9 Å². The Morgan fingerprint density at radius 1 is 1.00 bits per heavy atom. The quantitative estimate of drug-likeness (QED) is 0.466. The number of rotatable bonds is 6. The molecular formula is C22H25ClN6O. The van der Waals surface area contributed by atoms with E-state index in [0.29, 0.717) is 23.2 Å². The largest absolute Gasteiger partial charge is 0.390 e. The predicted octanol–water partition coefficient (Wildman–Crippen LogP) is 4.73. The van der Waals surface area contributed by atoms with Gasteiger partial charge in [0, 0.05) is 12.1 Å². The van der Waals surface area contributed by atoms with E-state index in [2.05, 4.69) is 39.5 Å². The van der Waals surface area contributed by atoms with Crippen LogP contribution < -0.4 is 0 Å². The molecular weight excluding hydrogens is 400 g/mol. The fraction of sp³-hybridized carbons (Fsp3) is 0.273. The van der Waals surface area contributed by atoms with E-state index in [-0.39, 0.29) is 6.61 Å². The minimum Gasteiger partial charge on any atom is -0.390 e. The molecule has 2 heterocycles. The maximum Gasteiger partial charge on any atom is 0.205 e. The summed E-state index contributed by atoms with van der Waals surface area (Å²) in [5, 5.41) is 24.0. The molecule has 4 aromatic rings. The van der Waals surface area contributed by atoms with Crippen molar-refractivity contribution in [3.05, 3.63) is 71.3 Å². The second kappa shape index (κ2) is 10.7. The molecule has 0 saturated heterocycles. The summed E-state index contributed by atoms with van der Waals surface area (Å²) in [6.07, 6.45) is 4.27. The van der Waals surface area contributed by atoms with E-state index in [9.17, 15) is 5.11 Å². The Morgan fingerprint density at radius 3 is 2.30 bits per heavy atom. The highest BCUT2D eigenvalue weighted by Crippen LogP contribution is 2.29.